The Morgan fingerprint density at radius 2 is 1.07 bits per heavy atom. The van der Waals surface area contributed by atoms with E-state index in [1.807, 2.05) is 0 Å². The van der Waals surface area contributed by atoms with Crippen molar-refractivity contribution in [3.63, 3.8) is 0 Å². The van der Waals surface area contributed by atoms with Crippen molar-refractivity contribution < 1.29 is 0 Å². The average Bonchev–Trinajstić information content (AvgIpc) is 3.25. The molecular formula is C39H35N. The number of hydrogen-bond acceptors (Lipinski definition) is 1. The Hall–Kier alpha value is -4.10. The summed E-state index contributed by atoms with van der Waals surface area (Å²) in [6, 6.07) is 45.0. The van der Waals surface area contributed by atoms with Gasteiger partial charge in [0, 0.05) is 17.1 Å². The first-order valence-corrected chi connectivity index (χ1v) is 15.0. The monoisotopic (exact) mass is 517 g/mol. The second-order valence-electron chi connectivity index (χ2n) is 12.3. The molecule has 5 aromatic carbocycles. The van der Waals surface area contributed by atoms with Crippen LogP contribution in [0.3, 0.4) is 0 Å². The zero-order valence-electron chi connectivity index (χ0n) is 23.1. The fraction of sp³-hybridized carbons (Fsp3) is 0.231. The molecule has 0 N–H and O–H groups in total. The van der Waals surface area contributed by atoms with Gasteiger partial charge in [-0.15, -0.1) is 0 Å². The average molecular weight is 518 g/mol. The minimum absolute atomic E-state index is 0.800. The van der Waals surface area contributed by atoms with Crippen LogP contribution in [0, 0.1) is 18.8 Å². The lowest BCUT2D eigenvalue weighted by molar-refractivity contribution is 0.296. The van der Waals surface area contributed by atoms with E-state index in [4.69, 9.17) is 0 Å². The normalized spacial score (nSPS) is 22.2. The van der Waals surface area contributed by atoms with Crippen LogP contribution in [0.1, 0.15) is 54.2 Å². The summed E-state index contributed by atoms with van der Waals surface area (Å²) < 4.78 is 0. The van der Waals surface area contributed by atoms with Gasteiger partial charge in [0.1, 0.15) is 0 Å². The molecule has 0 amide bonds. The lowest BCUT2D eigenvalue weighted by atomic mass is 9.68. The lowest BCUT2D eigenvalue weighted by Crippen LogP contribution is -2.22. The van der Waals surface area contributed by atoms with Crippen LogP contribution < -0.4 is 4.90 Å². The third-order valence-corrected chi connectivity index (χ3v) is 9.91. The van der Waals surface area contributed by atoms with Gasteiger partial charge in [0.15, 0.2) is 0 Å². The van der Waals surface area contributed by atoms with Crippen LogP contribution in [0.25, 0.3) is 22.3 Å². The van der Waals surface area contributed by atoms with E-state index in [9.17, 15) is 0 Å². The Morgan fingerprint density at radius 1 is 0.500 bits per heavy atom. The standard InChI is InChI=1S/C39H35N/c1-26-7-9-28(10-8-26)29-11-16-35(17-12-29)40(34-5-3-2-4-6-34)36-18-13-30(14-19-36)31-15-20-37-32-21-27-22-33(24-32)38(23-27)39(37)25-31/h2-20,25,27,32-33,38H,21-24H2,1H3. The minimum Gasteiger partial charge on any atom is -0.311 e. The predicted octanol–water partition coefficient (Wildman–Crippen LogP) is 10.8. The highest BCUT2D eigenvalue weighted by molar-refractivity contribution is 5.80. The highest BCUT2D eigenvalue weighted by Crippen LogP contribution is 2.60. The molecule has 0 spiro atoms. The van der Waals surface area contributed by atoms with Crippen molar-refractivity contribution >= 4 is 17.1 Å². The van der Waals surface area contributed by atoms with Gasteiger partial charge in [-0.1, -0.05) is 90.5 Å². The van der Waals surface area contributed by atoms with Gasteiger partial charge in [-0.3, -0.25) is 0 Å². The van der Waals surface area contributed by atoms with Crippen molar-refractivity contribution in [3.05, 3.63) is 138 Å². The molecule has 4 atom stereocenters. The molecule has 0 aromatic heterocycles. The third kappa shape index (κ3) is 4.07. The van der Waals surface area contributed by atoms with Gasteiger partial charge in [0.05, 0.1) is 0 Å². The van der Waals surface area contributed by atoms with Crippen LogP contribution in [0.15, 0.2) is 121 Å². The molecule has 5 aromatic rings. The van der Waals surface area contributed by atoms with Crippen LogP contribution >= 0.6 is 0 Å². The summed E-state index contributed by atoms with van der Waals surface area (Å²) in [5, 5.41) is 0. The molecule has 1 heteroatoms. The molecule has 0 heterocycles. The number of rotatable bonds is 5. The van der Waals surface area contributed by atoms with E-state index < -0.39 is 0 Å². The summed E-state index contributed by atoms with van der Waals surface area (Å²) in [4.78, 5) is 2.35. The molecule has 4 unspecified atom stereocenters. The maximum absolute atomic E-state index is 2.54. The summed E-state index contributed by atoms with van der Waals surface area (Å²) >= 11 is 0. The minimum atomic E-state index is 0.800. The van der Waals surface area contributed by atoms with Crippen molar-refractivity contribution in [1.29, 1.82) is 0 Å². The number of aryl methyl sites for hydroxylation is 1. The van der Waals surface area contributed by atoms with Gasteiger partial charge in [-0.2, -0.15) is 0 Å². The molecule has 3 aliphatic carbocycles. The largest absolute Gasteiger partial charge is 0.311 e. The summed E-state index contributed by atoms with van der Waals surface area (Å²) in [6.45, 7) is 2.13. The zero-order valence-corrected chi connectivity index (χ0v) is 23.1. The second kappa shape index (κ2) is 9.52. The first-order valence-electron chi connectivity index (χ1n) is 15.0. The maximum atomic E-state index is 2.54. The Kier molecular flexibility index (Phi) is 5.66. The van der Waals surface area contributed by atoms with E-state index in [0.29, 0.717) is 0 Å². The number of para-hydroxylation sites is 1. The van der Waals surface area contributed by atoms with Gasteiger partial charge in [-0.05, 0) is 126 Å². The van der Waals surface area contributed by atoms with Crippen LogP contribution in [-0.2, 0) is 0 Å². The van der Waals surface area contributed by atoms with Gasteiger partial charge < -0.3 is 4.90 Å². The van der Waals surface area contributed by atoms with Crippen LogP contribution in [0.2, 0.25) is 0 Å². The Morgan fingerprint density at radius 3 is 1.75 bits per heavy atom. The van der Waals surface area contributed by atoms with E-state index in [-0.39, 0.29) is 0 Å². The number of benzene rings is 5. The van der Waals surface area contributed by atoms with E-state index in [1.165, 1.54) is 64.9 Å². The first-order chi connectivity index (χ1) is 19.7. The number of nitrogens with zero attached hydrogens (tertiary/aromatic N) is 1. The quantitative estimate of drug-likeness (QED) is 0.224. The molecule has 0 aliphatic heterocycles. The summed E-state index contributed by atoms with van der Waals surface area (Å²) in [5.74, 6) is 3.52. The summed E-state index contributed by atoms with van der Waals surface area (Å²) in [6.07, 6.45) is 5.76. The summed E-state index contributed by atoms with van der Waals surface area (Å²) in [7, 11) is 0. The van der Waals surface area contributed by atoms with E-state index >= 15 is 0 Å². The van der Waals surface area contributed by atoms with E-state index in [1.54, 1.807) is 11.1 Å². The van der Waals surface area contributed by atoms with E-state index in [0.717, 1.165) is 29.4 Å². The zero-order chi connectivity index (χ0) is 26.6. The topological polar surface area (TPSA) is 3.24 Å². The smallest absolute Gasteiger partial charge is 0.0462 e. The van der Waals surface area contributed by atoms with Gasteiger partial charge in [-0.25, -0.2) is 0 Å². The van der Waals surface area contributed by atoms with Gasteiger partial charge in [0.2, 0.25) is 0 Å². The third-order valence-electron chi connectivity index (χ3n) is 9.91. The SMILES string of the molecule is Cc1ccc(-c2ccc(N(c3ccccc3)c3ccc(-c4ccc5c(c4)C4CC6CC5CC4C6)cc3)cc2)cc1. The van der Waals surface area contributed by atoms with E-state index in [2.05, 4.69) is 133 Å². The molecule has 2 fully saturated rings. The number of anilines is 3. The van der Waals surface area contributed by atoms with Crippen molar-refractivity contribution in [3.8, 4) is 22.3 Å². The fourth-order valence-corrected chi connectivity index (χ4v) is 8.02. The number of fused-ring (bicyclic) bond motifs is 5. The molecule has 1 nitrogen and oxygen atoms in total. The first kappa shape index (κ1) is 23.8. The predicted molar refractivity (Wildman–Crippen MR) is 168 cm³/mol. The molecular weight excluding hydrogens is 482 g/mol. The molecule has 40 heavy (non-hydrogen) atoms. The molecule has 3 aliphatic rings. The van der Waals surface area contributed by atoms with Crippen LogP contribution in [0.4, 0.5) is 17.1 Å². The highest BCUT2D eigenvalue weighted by Gasteiger charge is 2.46. The van der Waals surface area contributed by atoms with Crippen molar-refractivity contribution in [2.24, 2.45) is 11.8 Å². The Labute approximate surface area is 238 Å². The molecule has 8 rings (SSSR count). The molecule has 0 radical (unpaired) electrons. The van der Waals surface area contributed by atoms with Crippen molar-refractivity contribution in [2.45, 2.75) is 44.4 Å². The number of hydrogen-bond donors (Lipinski definition) is 0. The van der Waals surface area contributed by atoms with Crippen LogP contribution in [0.5, 0.6) is 0 Å². The van der Waals surface area contributed by atoms with Gasteiger partial charge >= 0.3 is 0 Å². The lowest BCUT2D eigenvalue weighted by Gasteiger charge is -2.36. The summed E-state index contributed by atoms with van der Waals surface area (Å²) in [5.41, 5.74) is 13.3. The molecule has 2 saturated carbocycles. The van der Waals surface area contributed by atoms with Crippen molar-refractivity contribution in [1.82, 2.24) is 0 Å². The highest BCUT2D eigenvalue weighted by atomic mass is 15.1. The fourth-order valence-electron chi connectivity index (χ4n) is 8.02. The molecule has 3 bridgehead atoms. The Bertz CT molecular complexity index is 1650. The van der Waals surface area contributed by atoms with Crippen LogP contribution in [-0.4, -0.2) is 0 Å². The van der Waals surface area contributed by atoms with Gasteiger partial charge in [0.25, 0.3) is 0 Å². The Balaban J connectivity index is 1.12. The maximum Gasteiger partial charge on any atom is 0.0462 e. The second-order valence-corrected chi connectivity index (χ2v) is 12.3. The van der Waals surface area contributed by atoms with Crippen molar-refractivity contribution in [2.75, 3.05) is 4.90 Å². The molecule has 196 valence electrons. The molecule has 0 saturated heterocycles.